The monoisotopic (exact) mass is 344 g/mol. The van der Waals surface area contributed by atoms with E-state index in [1.807, 2.05) is 26.0 Å². The molecule has 1 heterocycles. The molecule has 0 radical (unpaired) electrons. The maximum absolute atomic E-state index is 12.4. The number of nitrogens with zero attached hydrogens (tertiary/aromatic N) is 2. The van der Waals surface area contributed by atoms with Crippen LogP contribution in [-0.4, -0.2) is 47.6 Å². The average Bonchev–Trinajstić information content (AvgIpc) is 2.77. The van der Waals surface area contributed by atoms with E-state index in [0.29, 0.717) is 35.5 Å². The van der Waals surface area contributed by atoms with Gasteiger partial charge in [0.25, 0.3) is 5.91 Å². The zero-order valence-corrected chi connectivity index (χ0v) is 14.9. The quantitative estimate of drug-likeness (QED) is 0.451. The highest BCUT2D eigenvalue weighted by atomic mass is 32.1. The lowest BCUT2D eigenvalue weighted by atomic mass is 10.1. The topological polar surface area (TPSA) is 42.0 Å². The second kappa shape index (κ2) is 7.84. The molecule has 1 amide bonds. The normalized spacial score (nSPS) is 15.8. The highest BCUT2D eigenvalue weighted by Gasteiger charge is 2.34. The van der Waals surface area contributed by atoms with E-state index < -0.39 is 0 Å². The SMILES string of the molecule is C#CCOc1ccc(/C=C2/C(=O)N(CC)C(=S)N2C)cc1OCC. The lowest BCUT2D eigenvalue weighted by Crippen LogP contribution is -2.30. The van der Waals surface area contributed by atoms with Crippen molar-refractivity contribution in [2.45, 2.75) is 13.8 Å². The molecule has 0 unspecified atom stereocenters. The lowest BCUT2D eigenvalue weighted by molar-refractivity contribution is -0.122. The molecule has 5 nitrogen and oxygen atoms in total. The second-order valence-corrected chi connectivity index (χ2v) is 5.42. The van der Waals surface area contributed by atoms with E-state index in [-0.39, 0.29) is 12.5 Å². The van der Waals surface area contributed by atoms with Gasteiger partial charge in [0.1, 0.15) is 12.3 Å². The number of thiocarbonyl (C=S) groups is 1. The molecule has 1 aromatic carbocycles. The number of carbonyl (C=O) groups is 1. The minimum atomic E-state index is -0.101. The van der Waals surface area contributed by atoms with Crippen LogP contribution in [0.15, 0.2) is 23.9 Å². The van der Waals surface area contributed by atoms with E-state index in [1.54, 1.807) is 29.0 Å². The summed E-state index contributed by atoms with van der Waals surface area (Å²) in [6.07, 6.45) is 7.01. The maximum atomic E-state index is 12.4. The van der Waals surface area contributed by atoms with E-state index in [9.17, 15) is 4.79 Å². The van der Waals surface area contributed by atoms with Gasteiger partial charge >= 0.3 is 0 Å². The minimum Gasteiger partial charge on any atom is -0.490 e. The Kier molecular flexibility index (Phi) is 5.83. The van der Waals surface area contributed by atoms with Gasteiger partial charge in [-0.25, -0.2) is 0 Å². The van der Waals surface area contributed by atoms with Crippen molar-refractivity contribution < 1.29 is 14.3 Å². The Bertz CT molecular complexity index is 721. The van der Waals surface area contributed by atoms with Crippen molar-refractivity contribution in [2.75, 3.05) is 26.8 Å². The van der Waals surface area contributed by atoms with Crippen molar-refractivity contribution in [1.29, 1.82) is 0 Å². The van der Waals surface area contributed by atoms with Gasteiger partial charge in [0.15, 0.2) is 16.6 Å². The van der Waals surface area contributed by atoms with Crippen LogP contribution in [0.4, 0.5) is 0 Å². The number of hydrogen-bond acceptors (Lipinski definition) is 4. The minimum absolute atomic E-state index is 0.101. The van der Waals surface area contributed by atoms with Crippen LogP contribution < -0.4 is 9.47 Å². The molecule has 0 aromatic heterocycles. The molecular weight excluding hydrogens is 324 g/mol. The van der Waals surface area contributed by atoms with Crippen LogP contribution >= 0.6 is 12.2 Å². The number of amides is 1. The maximum Gasteiger partial charge on any atom is 0.276 e. The number of ether oxygens (including phenoxy) is 2. The molecule has 1 fully saturated rings. The van der Waals surface area contributed by atoms with E-state index in [1.165, 1.54) is 0 Å². The Morgan fingerprint density at radius 3 is 2.62 bits per heavy atom. The molecule has 1 saturated heterocycles. The molecule has 0 atom stereocenters. The molecule has 1 aromatic rings. The van der Waals surface area contributed by atoms with Gasteiger partial charge in [0.05, 0.1) is 6.61 Å². The largest absolute Gasteiger partial charge is 0.490 e. The summed E-state index contributed by atoms with van der Waals surface area (Å²) in [6.45, 7) is 5.00. The zero-order valence-electron chi connectivity index (χ0n) is 14.0. The predicted molar refractivity (Wildman–Crippen MR) is 97.7 cm³/mol. The lowest BCUT2D eigenvalue weighted by Gasteiger charge is -2.13. The molecule has 1 aliphatic heterocycles. The van der Waals surface area contributed by atoms with Crippen molar-refractivity contribution in [1.82, 2.24) is 9.80 Å². The molecule has 0 spiro atoms. The fourth-order valence-corrected chi connectivity index (χ4v) is 2.68. The Hall–Kier alpha value is -2.52. The van der Waals surface area contributed by atoms with Crippen molar-refractivity contribution in [3.63, 3.8) is 0 Å². The highest BCUT2D eigenvalue weighted by Crippen LogP contribution is 2.30. The van der Waals surface area contributed by atoms with Crippen molar-refractivity contribution in [3.05, 3.63) is 29.5 Å². The molecular formula is C18H20N2O3S. The molecule has 0 bridgehead atoms. The number of likely N-dealkylation sites (N-methyl/N-ethyl adjacent to an activating group) is 2. The third-order valence-corrected chi connectivity index (χ3v) is 4.04. The van der Waals surface area contributed by atoms with Gasteiger partial charge in [-0.15, -0.1) is 6.42 Å². The third-order valence-electron chi connectivity index (χ3n) is 3.54. The van der Waals surface area contributed by atoms with Crippen LogP contribution in [0.25, 0.3) is 6.08 Å². The Morgan fingerprint density at radius 2 is 2.04 bits per heavy atom. The first-order valence-corrected chi connectivity index (χ1v) is 8.08. The van der Waals surface area contributed by atoms with Crippen LogP contribution in [0, 0.1) is 12.3 Å². The Labute approximate surface area is 147 Å². The second-order valence-electron chi connectivity index (χ2n) is 5.05. The third kappa shape index (κ3) is 3.52. The summed E-state index contributed by atoms with van der Waals surface area (Å²) in [5.41, 5.74) is 1.35. The summed E-state index contributed by atoms with van der Waals surface area (Å²) in [4.78, 5) is 15.7. The van der Waals surface area contributed by atoms with Gasteiger partial charge in [-0.2, -0.15) is 0 Å². The van der Waals surface area contributed by atoms with Crippen molar-refractivity contribution in [3.8, 4) is 23.8 Å². The first kappa shape index (κ1) is 17.8. The summed E-state index contributed by atoms with van der Waals surface area (Å²) in [7, 11) is 1.79. The number of carbonyl (C=O) groups excluding carboxylic acids is 1. The summed E-state index contributed by atoms with van der Waals surface area (Å²) >= 11 is 5.30. The van der Waals surface area contributed by atoms with Gasteiger partial charge in [0, 0.05) is 13.6 Å². The summed E-state index contributed by atoms with van der Waals surface area (Å²) in [5, 5.41) is 0.507. The molecule has 0 saturated carbocycles. The average molecular weight is 344 g/mol. The first-order valence-electron chi connectivity index (χ1n) is 7.67. The van der Waals surface area contributed by atoms with Gasteiger partial charge in [-0.05, 0) is 49.8 Å². The highest BCUT2D eigenvalue weighted by molar-refractivity contribution is 7.80. The fraction of sp³-hybridized carbons (Fsp3) is 0.333. The van der Waals surface area contributed by atoms with Crippen LogP contribution in [0.2, 0.25) is 0 Å². The summed E-state index contributed by atoms with van der Waals surface area (Å²) in [5.74, 6) is 3.49. The number of terminal acetylenes is 1. The molecule has 126 valence electrons. The number of hydrogen-bond donors (Lipinski definition) is 0. The fourth-order valence-electron chi connectivity index (χ4n) is 2.37. The molecule has 6 heteroatoms. The van der Waals surface area contributed by atoms with E-state index >= 15 is 0 Å². The van der Waals surface area contributed by atoms with Gasteiger partial charge in [-0.3, -0.25) is 9.69 Å². The van der Waals surface area contributed by atoms with E-state index in [0.717, 1.165) is 5.56 Å². The van der Waals surface area contributed by atoms with Crippen molar-refractivity contribution in [2.24, 2.45) is 0 Å². The van der Waals surface area contributed by atoms with Crippen LogP contribution in [0.1, 0.15) is 19.4 Å². The summed E-state index contributed by atoms with van der Waals surface area (Å²) < 4.78 is 11.1. The summed E-state index contributed by atoms with van der Waals surface area (Å²) in [6, 6.07) is 5.45. The van der Waals surface area contributed by atoms with Crippen LogP contribution in [0.5, 0.6) is 11.5 Å². The number of rotatable bonds is 6. The van der Waals surface area contributed by atoms with Crippen LogP contribution in [-0.2, 0) is 4.79 Å². The molecule has 0 N–H and O–H groups in total. The van der Waals surface area contributed by atoms with Gasteiger partial charge in [-0.1, -0.05) is 12.0 Å². The van der Waals surface area contributed by atoms with Gasteiger partial charge < -0.3 is 14.4 Å². The molecule has 24 heavy (non-hydrogen) atoms. The molecule has 1 aliphatic rings. The zero-order chi connectivity index (χ0) is 17.7. The van der Waals surface area contributed by atoms with Crippen LogP contribution in [0.3, 0.4) is 0 Å². The van der Waals surface area contributed by atoms with Gasteiger partial charge in [0.2, 0.25) is 0 Å². The standard InChI is InChI=1S/C18H20N2O3S/c1-5-10-23-15-9-8-13(12-16(15)22-7-3)11-14-17(21)20(6-2)18(24)19(14)4/h1,8-9,11-12H,6-7,10H2,2-4H3/b14-11-. The van der Waals surface area contributed by atoms with E-state index in [4.69, 9.17) is 28.1 Å². The molecule has 2 rings (SSSR count). The van der Waals surface area contributed by atoms with Crippen molar-refractivity contribution >= 4 is 29.3 Å². The Morgan fingerprint density at radius 1 is 1.29 bits per heavy atom. The smallest absolute Gasteiger partial charge is 0.276 e. The van der Waals surface area contributed by atoms with E-state index in [2.05, 4.69) is 5.92 Å². The predicted octanol–water partition coefficient (Wildman–Crippen LogP) is 2.52. The number of benzene rings is 1. The molecule has 0 aliphatic carbocycles. The Balaban J connectivity index is 2.35. The first-order chi connectivity index (χ1) is 11.5.